The number of hydrogen-bond acceptors (Lipinski definition) is 3. The summed E-state index contributed by atoms with van der Waals surface area (Å²) in [4.78, 5) is 0. The molecule has 0 amide bonds. The van der Waals surface area contributed by atoms with Crippen molar-refractivity contribution in [1.82, 2.24) is 0 Å². The number of hydrogen-bond donors (Lipinski definition) is 0. The Hall–Kier alpha value is -1.86. The topological polar surface area (TPSA) is 35.5 Å². The second-order valence-corrected chi connectivity index (χ2v) is 8.77. The van der Waals surface area contributed by atoms with Gasteiger partial charge < -0.3 is 0 Å². The minimum Gasteiger partial charge on any atom is -0.222 e. The zero-order chi connectivity index (χ0) is 18.0. The van der Waals surface area contributed by atoms with Crippen molar-refractivity contribution in [3.63, 3.8) is 0 Å². The van der Waals surface area contributed by atoms with Gasteiger partial charge in [0.1, 0.15) is 0 Å². The molecule has 2 aromatic rings. The molecule has 0 bridgehead atoms. The van der Waals surface area contributed by atoms with E-state index in [2.05, 4.69) is 41.5 Å². The van der Waals surface area contributed by atoms with Gasteiger partial charge in [0, 0.05) is 4.57 Å². The third-order valence-electron chi connectivity index (χ3n) is 3.80. The van der Waals surface area contributed by atoms with E-state index < -0.39 is 8.25 Å². The van der Waals surface area contributed by atoms with Crippen LogP contribution in [-0.4, -0.2) is 0 Å². The van der Waals surface area contributed by atoms with E-state index in [1.807, 2.05) is 48.5 Å². The SMILES string of the molecule is CC(C)(C)c1ccc(O[P+](=O)Oc2ccc(C(C)(C)C)cc2)cc1. The summed E-state index contributed by atoms with van der Waals surface area (Å²) in [5.41, 5.74) is 2.55. The predicted octanol–water partition coefficient (Wildman–Crippen LogP) is 6.40. The van der Waals surface area contributed by atoms with Gasteiger partial charge in [-0.3, -0.25) is 0 Å². The Labute approximate surface area is 146 Å². The highest BCUT2D eigenvalue weighted by Gasteiger charge is 2.25. The first-order valence-corrected chi connectivity index (χ1v) is 9.19. The van der Waals surface area contributed by atoms with Crippen molar-refractivity contribution in [2.45, 2.75) is 52.4 Å². The van der Waals surface area contributed by atoms with Crippen LogP contribution in [0.2, 0.25) is 0 Å². The summed E-state index contributed by atoms with van der Waals surface area (Å²) in [5, 5.41) is 0. The van der Waals surface area contributed by atoms with E-state index in [0.29, 0.717) is 11.5 Å². The molecule has 2 aromatic carbocycles. The first kappa shape index (κ1) is 18.5. The van der Waals surface area contributed by atoms with Gasteiger partial charge in [0.2, 0.25) is 0 Å². The lowest BCUT2D eigenvalue weighted by molar-refractivity contribution is 0.415. The molecule has 0 fully saturated rings. The van der Waals surface area contributed by atoms with Gasteiger partial charge in [0.15, 0.2) is 11.5 Å². The smallest absolute Gasteiger partial charge is 0.222 e. The number of rotatable bonds is 4. The fourth-order valence-corrected chi connectivity index (χ4v) is 2.85. The van der Waals surface area contributed by atoms with Gasteiger partial charge in [-0.25, -0.2) is 9.05 Å². The first-order valence-electron chi connectivity index (χ1n) is 8.10. The first-order chi connectivity index (χ1) is 11.1. The molecule has 3 nitrogen and oxygen atoms in total. The predicted molar refractivity (Wildman–Crippen MR) is 99.1 cm³/mol. The molecule has 0 aliphatic carbocycles. The zero-order valence-electron chi connectivity index (χ0n) is 15.3. The van der Waals surface area contributed by atoms with Crippen molar-refractivity contribution in [2.75, 3.05) is 0 Å². The van der Waals surface area contributed by atoms with Crippen LogP contribution in [-0.2, 0) is 15.4 Å². The normalized spacial score (nSPS) is 11.9. The molecule has 4 heteroatoms. The molecule has 0 unspecified atom stereocenters. The molecule has 0 aromatic heterocycles. The third kappa shape index (κ3) is 5.07. The van der Waals surface area contributed by atoms with Crippen molar-refractivity contribution in [1.29, 1.82) is 0 Å². The molecule has 128 valence electrons. The summed E-state index contributed by atoms with van der Waals surface area (Å²) in [5.74, 6) is 1.07. The zero-order valence-corrected chi connectivity index (χ0v) is 16.2. The Morgan fingerprint density at radius 3 is 1.17 bits per heavy atom. The number of benzene rings is 2. The van der Waals surface area contributed by atoms with Crippen LogP contribution in [0.3, 0.4) is 0 Å². The van der Waals surface area contributed by atoms with Crippen molar-refractivity contribution < 1.29 is 13.6 Å². The monoisotopic (exact) mass is 345 g/mol. The summed E-state index contributed by atoms with van der Waals surface area (Å²) in [6, 6.07) is 15.2. The summed E-state index contributed by atoms with van der Waals surface area (Å²) >= 11 is 0. The van der Waals surface area contributed by atoms with Crippen molar-refractivity contribution in [2.24, 2.45) is 0 Å². The quantitative estimate of drug-likeness (QED) is 0.602. The summed E-state index contributed by atoms with van der Waals surface area (Å²) in [6.07, 6.45) is 0. The van der Waals surface area contributed by atoms with Gasteiger partial charge >= 0.3 is 8.25 Å². The van der Waals surface area contributed by atoms with Crippen LogP contribution in [0, 0.1) is 0 Å². The third-order valence-corrected chi connectivity index (χ3v) is 4.52. The second kappa shape index (κ2) is 6.94. The summed E-state index contributed by atoms with van der Waals surface area (Å²) in [6.45, 7) is 12.9. The molecular weight excluding hydrogens is 319 g/mol. The fraction of sp³-hybridized carbons (Fsp3) is 0.400. The van der Waals surface area contributed by atoms with E-state index in [-0.39, 0.29) is 10.8 Å². The maximum absolute atomic E-state index is 12.0. The molecule has 0 aliphatic heterocycles. The van der Waals surface area contributed by atoms with E-state index in [1.165, 1.54) is 11.1 Å². The van der Waals surface area contributed by atoms with Crippen LogP contribution in [0.25, 0.3) is 0 Å². The lowest BCUT2D eigenvalue weighted by atomic mass is 9.87. The second-order valence-electron chi connectivity index (χ2n) is 7.95. The highest BCUT2D eigenvalue weighted by Crippen LogP contribution is 2.33. The molecule has 0 radical (unpaired) electrons. The highest BCUT2D eigenvalue weighted by molar-refractivity contribution is 7.34. The van der Waals surface area contributed by atoms with Gasteiger partial charge in [-0.05, 0) is 46.2 Å². The Kier molecular flexibility index (Phi) is 5.35. The summed E-state index contributed by atoms with van der Waals surface area (Å²) < 4.78 is 22.8. The molecule has 0 spiro atoms. The van der Waals surface area contributed by atoms with Gasteiger partial charge in [-0.2, -0.15) is 0 Å². The van der Waals surface area contributed by atoms with Crippen LogP contribution < -0.4 is 9.05 Å². The standard InChI is InChI=1S/C20H26O3P/c1-19(2,3)15-7-11-17(12-8-15)22-24(21)23-18-13-9-16(10-14-18)20(4,5)6/h7-14H,1-6H3/q+1. The van der Waals surface area contributed by atoms with Crippen molar-refractivity contribution in [3.8, 4) is 11.5 Å². The molecule has 2 rings (SSSR count). The Balaban J connectivity index is 1.98. The Morgan fingerprint density at radius 2 is 0.917 bits per heavy atom. The van der Waals surface area contributed by atoms with Gasteiger partial charge in [-0.1, -0.05) is 65.8 Å². The van der Waals surface area contributed by atoms with Crippen LogP contribution in [0.4, 0.5) is 0 Å². The maximum atomic E-state index is 12.0. The average molecular weight is 345 g/mol. The molecule has 0 atom stereocenters. The van der Waals surface area contributed by atoms with Crippen LogP contribution >= 0.6 is 8.25 Å². The Bertz CT molecular complexity index is 628. The van der Waals surface area contributed by atoms with Crippen molar-refractivity contribution >= 4 is 8.25 Å². The van der Waals surface area contributed by atoms with E-state index in [4.69, 9.17) is 9.05 Å². The van der Waals surface area contributed by atoms with E-state index >= 15 is 0 Å². The molecule has 0 aliphatic rings. The van der Waals surface area contributed by atoms with E-state index in [9.17, 15) is 4.57 Å². The average Bonchev–Trinajstić information content (AvgIpc) is 2.46. The molecule has 0 saturated carbocycles. The minimum absolute atomic E-state index is 0.0754. The largest absolute Gasteiger partial charge is 0.805 e. The molecule has 0 N–H and O–H groups in total. The fourth-order valence-electron chi connectivity index (χ4n) is 2.22. The Morgan fingerprint density at radius 1 is 0.625 bits per heavy atom. The minimum atomic E-state index is -2.26. The van der Waals surface area contributed by atoms with Crippen molar-refractivity contribution in [3.05, 3.63) is 59.7 Å². The van der Waals surface area contributed by atoms with Gasteiger partial charge in [0.05, 0.1) is 0 Å². The molecule has 0 heterocycles. The van der Waals surface area contributed by atoms with E-state index in [0.717, 1.165) is 0 Å². The lowest BCUT2D eigenvalue weighted by Crippen LogP contribution is -2.10. The van der Waals surface area contributed by atoms with Gasteiger partial charge in [-0.15, -0.1) is 0 Å². The molecule has 24 heavy (non-hydrogen) atoms. The lowest BCUT2D eigenvalue weighted by Gasteiger charge is -2.18. The van der Waals surface area contributed by atoms with Crippen LogP contribution in [0.5, 0.6) is 11.5 Å². The van der Waals surface area contributed by atoms with E-state index in [1.54, 1.807) is 0 Å². The molecule has 0 saturated heterocycles. The van der Waals surface area contributed by atoms with Gasteiger partial charge in [0.25, 0.3) is 0 Å². The van der Waals surface area contributed by atoms with Crippen LogP contribution in [0.1, 0.15) is 52.7 Å². The molecular formula is C20H26O3P+. The highest BCUT2D eigenvalue weighted by atomic mass is 31.1. The summed E-state index contributed by atoms with van der Waals surface area (Å²) in [7, 11) is -2.26. The maximum Gasteiger partial charge on any atom is 0.805 e. The van der Waals surface area contributed by atoms with Crippen LogP contribution in [0.15, 0.2) is 48.5 Å².